The van der Waals surface area contributed by atoms with Crippen molar-refractivity contribution in [3.8, 4) is 0 Å². The minimum absolute atomic E-state index is 0.123. The molecule has 2 aromatic rings. The Balaban J connectivity index is 2.11. The van der Waals surface area contributed by atoms with Gasteiger partial charge in [-0.25, -0.2) is 0 Å². The standard InChI is InChI=1S/C12H11Cl2N3S/c1-7-3-8(2)5-9(4-7)6-18-12-16-10(13)15-11(14)17-12/h3-5H,6H2,1-2H3. The van der Waals surface area contributed by atoms with Crippen molar-refractivity contribution in [3.05, 3.63) is 45.5 Å². The highest BCUT2D eigenvalue weighted by Gasteiger charge is 2.05. The van der Waals surface area contributed by atoms with Crippen molar-refractivity contribution in [2.75, 3.05) is 0 Å². The van der Waals surface area contributed by atoms with Crippen LogP contribution in [0.2, 0.25) is 10.6 Å². The predicted octanol–water partition coefficient (Wildman–Crippen LogP) is 4.09. The van der Waals surface area contributed by atoms with Crippen molar-refractivity contribution in [3.63, 3.8) is 0 Å². The second-order valence-corrected chi connectivity index (χ2v) is 5.56. The summed E-state index contributed by atoms with van der Waals surface area (Å²) in [5, 5.41) is 0.787. The zero-order valence-corrected chi connectivity index (χ0v) is 12.3. The topological polar surface area (TPSA) is 38.7 Å². The van der Waals surface area contributed by atoms with Crippen LogP contribution in [-0.2, 0) is 5.75 Å². The molecule has 0 fully saturated rings. The lowest BCUT2D eigenvalue weighted by Crippen LogP contribution is -1.93. The van der Waals surface area contributed by atoms with Crippen LogP contribution in [-0.4, -0.2) is 15.0 Å². The van der Waals surface area contributed by atoms with E-state index < -0.39 is 0 Å². The number of benzene rings is 1. The number of hydrogen-bond donors (Lipinski definition) is 0. The molecule has 0 spiro atoms. The summed E-state index contributed by atoms with van der Waals surface area (Å²) in [6.45, 7) is 4.16. The van der Waals surface area contributed by atoms with Crippen molar-refractivity contribution in [1.82, 2.24) is 15.0 Å². The quantitative estimate of drug-likeness (QED) is 0.800. The molecule has 3 nitrogen and oxygen atoms in total. The average molecular weight is 300 g/mol. The van der Waals surface area contributed by atoms with Crippen LogP contribution in [0.4, 0.5) is 0 Å². The number of thioether (sulfide) groups is 1. The Morgan fingerprint density at radius 2 is 1.50 bits per heavy atom. The van der Waals surface area contributed by atoms with Gasteiger partial charge < -0.3 is 0 Å². The van der Waals surface area contributed by atoms with Crippen molar-refractivity contribution in [2.45, 2.75) is 24.8 Å². The lowest BCUT2D eigenvalue weighted by atomic mass is 10.1. The smallest absolute Gasteiger partial charge is 0.192 e. The van der Waals surface area contributed by atoms with E-state index in [1.54, 1.807) is 0 Å². The second-order valence-electron chi connectivity index (χ2n) is 3.94. The molecule has 0 aliphatic rings. The summed E-state index contributed by atoms with van der Waals surface area (Å²) in [6, 6.07) is 6.43. The Bertz CT molecular complexity index is 483. The first kappa shape index (κ1) is 13.6. The normalized spacial score (nSPS) is 10.7. The maximum absolute atomic E-state index is 5.72. The van der Waals surface area contributed by atoms with Crippen LogP contribution in [0.5, 0.6) is 0 Å². The van der Waals surface area contributed by atoms with Crippen molar-refractivity contribution >= 4 is 35.0 Å². The highest BCUT2D eigenvalue weighted by Crippen LogP contribution is 2.22. The largest absolute Gasteiger partial charge is 0.227 e. The van der Waals surface area contributed by atoms with Gasteiger partial charge in [0.15, 0.2) is 5.16 Å². The van der Waals surface area contributed by atoms with E-state index >= 15 is 0 Å². The molecule has 18 heavy (non-hydrogen) atoms. The Hall–Kier alpha value is -0.840. The Morgan fingerprint density at radius 3 is 2.06 bits per heavy atom. The van der Waals surface area contributed by atoms with Crippen LogP contribution in [0.3, 0.4) is 0 Å². The van der Waals surface area contributed by atoms with Gasteiger partial charge in [-0.3, -0.25) is 0 Å². The van der Waals surface area contributed by atoms with E-state index in [-0.39, 0.29) is 10.6 Å². The number of hydrogen-bond acceptors (Lipinski definition) is 4. The fourth-order valence-electron chi connectivity index (χ4n) is 1.67. The van der Waals surface area contributed by atoms with Crippen molar-refractivity contribution in [1.29, 1.82) is 0 Å². The Morgan fingerprint density at radius 1 is 0.944 bits per heavy atom. The summed E-state index contributed by atoms with van der Waals surface area (Å²) >= 11 is 12.9. The van der Waals surface area contributed by atoms with Crippen LogP contribution >= 0.6 is 35.0 Å². The first-order chi connectivity index (χ1) is 8.52. The van der Waals surface area contributed by atoms with E-state index in [4.69, 9.17) is 23.2 Å². The SMILES string of the molecule is Cc1cc(C)cc(CSc2nc(Cl)nc(Cl)n2)c1. The third kappa shape index (κ3) is 3.83. The first-order valence-corrected chi connectivity index (χ1v) is 7.04. The van der Waals surface area contributed by atoms with Crippen LogP contribution in [0, 0.1) is 13.8 Å². The molecule has 0 atom stereocenters. The molecule has 0 saturated heterocycles. The summed E-state index contributed by atoms with van der Waals surface area (Å²) in [6.07, 6.45) is 0. The summed E-state index contributed by atoms with van der Waals surface area (Å²) in [4.78, 5) is 11.7. The van der Waals surface area contributed by atoms with Gasteiger partial charge in [-0.2, -0.15) is 15.0 Å². The number of halogens is 2. The van der Waals surface area contributed by atoms with Gasteiger partial charge in [0.25, 0.3) is 0 Å². The van der Waals surface area contributed by atoms with E-state index in [0.29, 0.717) is 5.16 Å². The first-order valence-electron chi connectivity index (χ1n) is 5.30. The van der Waals surface area contributed by atoms with Crippen LogP contribution < -0.4 is 0 Å². The number of rotatable bonds is 3. The lowest BCUT2D eigenvalue weighted by Gasteiger charge is -2.04. The summed E-state index contributed by atoms with van der Waals surface area (Å²) < 4.78 is 0. The molecule has 0 aliphatic heterocycles. The summed E-state index contributed by atoms with van der Waals surface area (Å²) in [7, 11) is 0. The number of aromatic nitrogens is 3. The Kier molecular flexibility index (Phi) is 4.43. The van der Waals surface area contributed by atoms with E-state index in [9.17, 15) is 0 Å². The molecular formula is C12H11Cl2N3S. The highest BCUT2D eigenvalue weighted by molar-refractivity contribution is 7.98. The number of nitrogens with zero attached hydrogens (tertiary/aromatic N) is 3. The van der Waals surface area contributed by atoms with Gasteiger partial charge >= 0.3 is 0 Å². The second kappa shape index (κ2) is 5.87. The molecule has 0 N–H and O–H groups in total. The molecular weight excluding hydrogens is 289 g/mol. The van der Waals surface area contributed by atoms with E-state index in [1.807, 2.05) is 0 Å². The van der Waals surface area contributed by atoms with Gasteiger partial charge in [0.1, 0.15) is 0 Å². The van der Waals surface area contributed by atoms with E-state index in [0.717, 1.165) is 5.75 Å². The van der Waals surface area contributed by atoms with Crippen LogP contribution in [0.15, 0.2) is 23.4 Å². The molecule has 1 heterocycles. The Labute approximate surface area is 120 Å². The summed E-state index contributed by atoms with van der Waals surface area (Å²) in [5.41, 5.74) is 3.72. The monoisotopic (exact) mass is 299 g/mol. The molecule has 94 valence electrons. The fourth-order valence-corrected chi connectivity index (χ4v) is 2.90. The van der Waals surface area contributed by atoms with Gasteiger partial charge in [0.05, 0.1) is 0 Å². The van der Waals surface area contributed by atoms with Gasteiger partial charge in [-0.1, -0.05) is 41.1 Å². The van der Waals surface area contributed by atoms with Crippen molar-refractivity contribution in [2.24, 2.45) is 0 Å². The minimum atomic E-state index is 0.123. The van der Waals surface area contributed by atoms with Gasteiger partial charge in [-0.05, 0) is 42.6 Å². The third-order valence-corrected chi connectivity index (χ3v) is 3.47. The lowest BCUT2D eigenvalue weighted by molar-refractivity contribution is 0.903. The van der Waals surface area contributed by atoms with E-state index in [1.165, 1.54) is 28.5 Å². The highest BCUT2D eigenvalue weighted by atomic mass is 35.5. The maximum atomic E-state index is 5.72. The maximum Gasteiger partial charge on any atom is 0.227 e. The summed E-state index contributed by atoms with van der Waals surface area (Å²) in [5.74, 6) is 0.777. The molecule has 0 aliphatic carbocycles. The molecule has 0 unspecified atom stereocenters. The van der Waals surface area contributed by atoms with Gasteiger partial charge in [0.2, 0.25) is 10.6 Å². The molecule has 0 amide bonds. The molecule has 1 aromatic carbocycles. The van der Waals surface area contributed by atoms with Gasteiger partial charge in [0, 0.05) is 5.75 Å². The molecule has 0 bridgehead atoms. The van der Waals surface area contributed by atoms with Crippen LogP contribution in [0.1, 0.15) is 16.7 Å². The fraction of sp³-hybridized carbons (Fsp3) is 0.250. The minimum Gasteiger partial charge on any atom is -0.192 e. The molecule has 6 heteroatoms. The third-order valence-electron chi connectivity index (χ3n) is 2.21. The predicted molar refractivity (Wildman–Crippen MR) is 75.3 cm³/mol. The zero-order chi connectivity index (χ0) is 13.1. The zero-order valence-electron chi connectivity index (χ0n) is 9.94. The van der Waals surface area contributed by atoms with Crippen molar-refractivity contribution < 1.29 is 0 Å². The molecule has 1 aromatic heterocycles. The molecule has 0 saturated carbocycles. The average Bonchev–Trinajstić information content (AvgIpc) is 2.23. The molecule has 2 rings (SSSR count). The van der Waals surface area contributed by atoms with Crippen LogP contribution in [0.25, 0.3) is 0 Å². The molecule has 0 radical (unpaired) electrons. The number of aryl methyl sites for hydroxylation is 2. The van der Waals surface area contributed by atoms with E-state index in [2.05, 4.69) is 47.0 Å². The van der Waals surface area contributed by atoms with Gasteiger partial charge in [-0.15, -0.1) is 0 Å².